The standard InChI is InChI=1S/C11H13BrN2O5S/c12-2-1-5-3-14(11(19)13-9(5)18)10-8(17)7(16)6(4-15)20-10/h1-3,6-8,10,15-17H,4H2,(H,13,18,19)/b2-1+/t6-,7-,8+,10-/m1/s1. The van der Waals surface area contributed by atoms with Gasteiger partial charge in [0, 0.05) is 6.20 Å². The Hall–Kier alpha value is -0.870. The first kappa shape index (κ1) is 15.5. The summed E-state index contributed by atoms with van der Waals surface area (Å²) < 4.78 is 1.15. The van der Waals surface area contributed by atoms with E-state index in [2.05, 4.69) is 20.9 Å². The van der Waals surface area contributed by atoms with Gasteiger partial charge in [-0.15, -0.1) is 11.8 Å². The van der Waals surface area contributed by atoms with Gasteiger partial charge in [-0.05, 0) is 11.1 Å². The number of halogens is 1. The summed E-state index contributed by atoms with van der Waals surface area (Å²) in [5.74, 6) is 0. The van der Waals surface area contributed by atoms with E-state index >= 15 is 0 Å². The zero-order valence-corrected chi connectivity index (χ0v) is 12.5. The predicted molar refractivity (Wildman–Crippen MR) is 78.8 cm³/mol. The summed E-state index contributed by atoms with van der Waals surface area (Å²) in [4.78, 5) is 27.0. The van der Waals surface area contributed by atoms with Crippen LogP contribution in [-0.2, 0) is 0 Å². The van der Waals surface area contributed by atoms with Crippen molar-refractivity contribution in [2.75, 3.05) is 6.61 Å². The number of aromatic nitrogens is 2. The summed E-state index contributed by atoms with van der Waals surface area (Å²) in [5, 5.41) is 27.5. The zero-order valence-electron chi connectivity index (χ0n) is 10.1. The molecule has 0 saturated carbocycles. The highest BCUT2D eigenvalue weighted by Crippen LogP contribution is 2.40. The minimum absolute atomic E-state index is 0.233. The maximum atomic E-state index is 11.8. The monoisotopic (exact) mass is 364 g/mol. The fourth-order valence-corrected chi connectivity index (χ4v) is 3.65. The van der Waals surface area contributed by atoms with Crippen LogP contribution in [0.3, 0.4) is 0 Å². The van der Waals surface area contributed by atoms with Gasteiger partial charge in [0.25, 0.3) is 5.56 Å². The van der Waals surface area contributed by atoms with Crippen LogP contribution in [0.1, 0.15) is 10.9 Å². The van der Waals surface area contributed by atoms with Crippen LogP contribution in [0.2, 0.25) is 0 Å². The fourth-order valence-electron chi connectivity index (χ4n) is 1.99. The zero-order chi connectivity index (χ0) is 14.9. The molecule has 0 aromatic carbocycles. The average molecular weight is 365 g/mol. The van der Waals surface area contributed by atoms with Gasteiger partial charge in [-0.25, -0.2) is 4.79 Å². The van der Waals surface area contributed by atoms with Gasteiger partial charge < -0.3 is 15.3 Å². The van der Waals surface area contributed by atoms with Crippen molar-refractivity contribution in [3.63, 3.8) is 0 Å². The molecule has 7 nitrogen and oxygen atoms in total. The van der Waals surface area contributed by atoms with E-state index in [4.69, 9.17) is 5.11 Å². The van der Waals surface area contributed by atoms with Crippen molar-refractivity contribution in [1.29, 1.82) is 0 Å². The van der Waals surface area contributed by atoms with Crippen LogP contribution in [-0.4, -0.2) is 48.9 Å². The van der Waals surface area contributed by atoms with Gasteiger partial charge in [0.2, 0.25) is 0 Å². The highest BCUT2D eigenvalue weighted by atomic mass is 79.9. The predicted octanol–water partition coefficient (Wildman–Crippen LogP) is -0.770. The van der Waals surface area contributed by atoms with E-state index in [-0.39, 0.29) is 12.2 Å². The lowest BCUT2D eigenvalue weighted by Gasteiger charge is -2.17. The highest BCUT2D eigenvalue weighted by Gasteiger charge is 2.43. The van der Waals surface area contributed by atoms with Crippen molar-refractivity contribution >= 4 is 33.8 Å². The van der Waals surface area contributed by atoms with Crippen molar-refractivity contribution in [1.82, 2.24) is 9.55 Å². The maximum Gasteiger partial charge on any atom is 0.329 e. The van der Waals surface area contributed by atoms with E-state index in [1.54, 1.807) is 0 Å². The van der Waals surface area contributed by atoms with Crippen molar-refractivity contribution in [2.24, 2.45) is 0 Å². The molecule has 0 bridgehead atoms. The van der Waals surface area contributed by atoms with Crippen molar-refractivity contribution < 1.29 is 15.3 Å². The lowest BCUT2D eigenvalue weighted by molar-refractivity contribution is 0.0101. The Morgan fingerprint density at radius 3 is 2.65 bits per heavy atom. The lowest BCUT2D eigenvalue weighted by Crippen LogP contribution is -2.38. The molecule has 0 spiro atoms. The Labute approximate surface area is 126 Å². The second kappa shape index (κ2) is 6.27. The van der Waals surface area contributed by atoms with Gasteiger partial charge >= 0.3 is 5.69 Å². The number of hydrogen-bond acceptors (Lipinski definition) is 6. The molecule has 0 aliphatic carbocycles. The van der Waals surface area contributed by atoms with Crippen LogP contribution in [0.25, 0.3) is 6.08 Å². The Morgan fingerprint density at radius 2 is 2.10 bits per heavy atom. The van der Waals surface area contributed by atoms with E-state index in [0.29, 0.717) is 0 Å². The normalized spacial score (nSPS) is 30.2. The topological polar surface area (TPSA) is 116 Å². The molecule has 9 heteroatoms. The number of nitrogens with one attached hydrogen (secondary N) is 1. The van der Waals surface area contributed by atoms with Crippen LogP contribution in [0.15, 0.2) is 20.8 Å². The third-order valence-corrected chi connectivity index (χ3v) is 4.86. The van der Waals surface area contributed by atoms with Crippen LogP contribution in [0.4, 0.5) is 0 Å². The molecule has 1 aromatic heterocycles. The van der Waals surface area contributed by atoms with Gasteiger partial charge in [0.1, 0.15) is 11.5 Å². The first-order valence-electron chi connectivity index (χ1n) is 5.74. The third-order valence-electron chi connectivity index (χ3n) is 3.03. The Morgan fingerprint density at radius 1 is 1.40 bits per heavy atom. The molecule has 2 rings (SSSR count). The molecule has 0 amide bonds. The largest absolute Gasteiger partial charge is 0.395 e. The molecule has 0 unspecified atom stereocenters. The van der Waals surface area contributed by atoms with Gasteiger partial charge in [0.05, 0.1) is 23.5 Å². The number of H-pyrrole nitrogens is 1. The van der Waals surface area contributed by atoms with Crippen molar-refractivity contribution in [3.05, 3.63) is 37.6 Å². The van der Waals surface area contributed by atoms with Crippen molar-refractivity contribution in [3.8, 4) is 0 Å². The molecular weight excluding hydrogens is 352 g/mol. The summed E-state index contributed by atoms with van der Waals surface area (Å²) in [6.45, 7) is -0.314. The molecule has 1 aliphatic rings. The summed E-state index contributed by atoms with van der Waals surface area (Å²) in [6, 6.07) is 0. The highest BCUT2D eigenvalue weighted by molar-refractivity contribution is 9.11. The molecule has 1 fully saturated rings. The maximum absolute atomic E-state index is 11.8. The van der Waals surface area contributed by atoms with Crippen LogP contribution < -0.4 is 11.2 Å². The number of aromatic amines is 1. The molecule has 4 atom stereocenters. The molecule has 20 heavy (non-hydrogen) atoms. The first-order chi connectivity index (χ1) is 9.49. The Balaban J connectivity index is 2.46. The summed E-state index contributed by atoms with van der Waals surface area (Å²) in [6.07, 6.45) is 0.429. The quantitative estimate of drug-likeness (QED) is 0.559. The molecule has 0 radical (unpaired) electrons. The summed E-state index contributed by atoms with van der Waals surface area (Å²) >= 11 is 4.12. The smallest absolute Gasteiger partial charge is 0.329 e. The summed E-state index contributed by atoms with van der Waals surface area (Å²) in [5.41, 5.74) is -0.987. The van der Waals surface area contributed by atoms with E-state index in [0.717, 1.165) is 16.3 Å². The Kier molecular flexibility index (Phi) is 4.86. The van der Waals surface area contributed by atoms with E-state index in [9.17, 15) is 19.8 Å². The average Bonchev–Trinajstić information content (AvgIpc) is 2.70. The first-order valence-corrected chi connectivity index (χ1v) is 7.60. The summed E-state index contributed by atoms with van der Waals surface area (Å²) in [7, 11) is 0. The van der Waals surface area contributed by atoms with E-state index < -0.39 is 34.1 Å². The van der Waals surface area contributed by atoms with Gasteiger partial charge in [-0.3, -0.25) is 14.3 Å². The minimum atomic E-state index is -1.21. The molecular formula is C11H13BrN2O5S. The Bertz CT molecular complexity index is 628. The molecule has 1 aliphatic heterocycles. The number of nitrogens with zero attached hydrogens (tertiary/aromatic N) is 1. The molecule has 110 valence electrons. The van der Waals surface area contributed by atoms with Gasteiger partial charge in [-0.2, -0.15) is 0 Å². The van der Waals surface area contributed by atoms with Crippen LogP contribution in [0, 0.1) is 0 Å². The number of aliphatic hydroxyl groups excluding tert-OH is 3. The molecule has 2 heterocycles. The number of rotatable bonds is 3. The molecule has 1 saturated heterocycles. The van der Waals surface area contributed by atoms with Crippen molar-refractivity contribution in [2.45, 2.75) is 22.8 Å². The second-order valence-corrected chi connectivity index (χ2v) is 6.16. The number of aliphatic hydroxyl groups is 3. The third kappa shape index (κ3) is 2.77. The van der Waals surface area contributed by atoms with Gasteiger partial charge in [0.15, 0.2) is 0 Å². The van der Waals surface area contributed by atoms with E-state index in [1.807, 2.05) is 0 Å². The van der Waals surface area contributed by atoms with Gasteiger partial charge in [-0.1, -0.05) is 15.9 Å². The molecule has 4 N–H and O–H groups in total. The second-order valence-electron chi connectivity index (χ2n) is 4.27. The molecule has 1 aromatic rings. The van der Waals surface area contributed by atoms with Crippen LogP contribution >= 0.6 is 27.7 Å². The fraction of sp³-hybridized carbons (Fsp3) is 0.455. The number of thioether (sulfide) groups is 1. The number of hydrogen-bond donors (Lipinski definition) is 4. The van der Waals surface area contributed by atoms with E-state index in [1.165, 1.54) is 17.3 Å². The van der Waals surface area contributed by atoms with Crippen LogP contribution in [0.5, 0.6) is 0 Å². The lowest BCUT2D eigenvalue weighted by atomic mass is 10.1. The minimum Gasteiger partial charge on any atom is -0.395 e. The SMILES string of the molecule is O=c1[nH]c(=O)n([C@@H]2S[C@H](CO)[C@@H](O)[C@@H]2O)cc1/C=C/Br.